The molecular formula is C44H84O6. The van der Waals surface area contributed by atoms with E-state index in [2.05, 4.69) is 34.6 Å². The molecule has 0 rings (SSSR count). The van der Waals surface area contributed by atoms with Gasteiger partial charge in [-0.3, -0.25) is 14.4 Å². The van der Waals surface area contributed by atoms with Crippen molar-refractivity contribution in [2.75, 3.05) is 13.2 Å². The highest BCUT2D eigenvalue weighted by Gasteiger charge is 2.19. The molecule has 0 saturated heterocycles. The largest absolute Gasteiger partial charge is 0.462 e. The van der Waals surface area contributed by atoms with Crippen LogP contribution in [0.1, 0.15) is 234 Å². The molecule has 0 saturated carbocycles. The van der Waals surface area contributed by atoms with Crippen LogP contribution in [0.25, 0.3) is 0 Å². The second-order valence-electron chi connectivity index (χ2n) is 15.9. The molecule has 1 atom stereocenters. The molecule has 0 aliphatic rings. The fraction of sp³-hybridized carbons (Fsp3) is 0.932. The molecule has 6 nitrogen and oxygen atoms in total. The van der Waals surface area contributed by atoms with Crippen LogP contribution in [0.2, 0.25) is 0 Å². The molecule has 0 spiro atoms. The van der Waals surface area contributed by atoms with Crippen LogP contribution in [-0.4, -0.2) is 37.2 Å². The molecule has 0 fully saturated rings. The van der Waals surface area contributed by atoms with Gasteiger partial charge >= 0.3 is 17.9 Å². The Balaban J connectivity index is 4.34. The van der Waals surface area contributed by atoms with E-state index < -0.39 is 6.10 Å². The minimum Gasteiger partial charge on any atom is -0.462 e. The third-order valence-electron chi connectivity index (χ3n) is 9.72. The Labute approximate surface area is 310 Å². The van der Waals surface area contributed by atoms with Gasteiger partial charge in [-0.15, -0.1) is 0 Å². The van der Waals surface area contributed by atoms with Gasteiger partial charge in [0.25, 0.3) is 0 Å². The van der Waals surface area contributed by atoms with Crippen molar-refractivity contribution in [3.8, 4) is 0 Å². The van der Waals surface area contributed by atoms with E-state index in [0.29, 0.717) is 19.3 Å². The highest BCUT2D eigenvalue weighted by Crippen LogP contribution is 2.16. The Kier molecular flexibility index (Phi) is 36.0. The van der Waals surface area contributed by atoms with Crippen molar-refractivity contribution in [1.82, 2.24) is 0 Å². The van der Waals surface area contributed by atoms with Gasteiger partial charge in [-0.2, -0.15) is 0 Å². The zero-order valence-electron chi connectivity index (χ0n) is 34.0. The number of carbonyl (C=O) groups is 3. The van der Waals surface area contributed by atoms with Crippen LogP contribution in [0.15, 0.2) is 0 Å². The van der Waals surface area contributed by atoms with Crippen molar-refractivity contribution in [3.63, 3.8) is 0 Å². The maximum Gasteiger partial charge on any atom is 0.306 e. The minimum absolute atomic E-state index is 0.0662. The van der Waals surface area contributed by atoms with Gasteiger partial charge in [0, 0.05) is 19.3 Å². The molecule has 0 aromatic rings. The number of ether oxygens (including phenoxy) is 3. The lowest BCUT2D eigenvalue weighted by molar-refractivity contribution is -0.167. The first-order valence-corrected chi connectivity index (χ1v) is 21.7. The maximum absolute atomic E-state index is 12.7. The molecule has 6 heteroatoms. The van der Waals surface area contributed by atoms with Crippen LogP contribution in [0.5, 0.6) is 0 Å². The van der Waals surface area contributed by atoms with Crippen LogP contribution >= 0.6 is 0 Å². The van der Waals surface area contributed by atoms with E-state index in [1.54, 1.807) is 0 Å². The van der Waals surface area contributed by atoms with E-state index in [-0.39, 0.29) is 31.1 Å². The minimum atomic E-state index is -0.760. The Morgan fingerprint density at radius 1 is 0.380 bits per heavy atom. The van der Waals surface area contributed by atoms with Crippen molar-refractivity contribution >= 4 is 17.9 Å². The molecule has 50 heavy (non-hydrogen) atoms. The average molecular weight is 709 g/mol. The monoisotopic (exact) mass is 709 g/mol. The topological polar surface area (TPSA) is 78.9 Å². The highest BCUT2D eigenvalue weighted by molar-refractivity contribution is 5.71. The van der Waals surface area contributed by atoms with E-state index in [1.807, 2.05) is 0 Å². The fourth-order valence-corrected chi connectivity index (χ4v) is 6.40. The molecule has 0 amide bonds. The van der Waals surface area contributed by atoms with Crippen LogP contribution in [0.4, 0.5) is 0 Å². The molecule has 0 radical (unpaired) electrons. The summed E-state index contributed by atoms with van der Waals surface area (Å²) in [5, 5.41) is 0. The number of hydrogen-bond donors (Lipinski definition) is 0. The third kappa shape index (κ3) is 37.7. The van der Waals surface area contributed by atoms with E-state index in [0.717, 1.165) is 69.6 Å². The van der Waals surface area contributed by atoms with E-state index in [1.165, 1.54) is 122 Å². The van der Waals surface area contributed by atoms with E-state index in [4.69, 9.17) is 14.2 Å². The standard InChI is InChI=1S/C44H84O6/c1-6-7-8-9-10-11-12-15-19-26-31-36-44(47)50-41(38-49-43(46)35-30-25-21-20-23-28-33-40(4)5)37-48-42(45)34-29-24-18-16-13-14-17-22-27-32-39(2)3/h39-41H,6-38H2,1-5H3/t41-/m1/s1. The zero-order valence-corrected chi connectivity index (χ0v) is 34.0. The van der Waals surface area contributed by atoms with Gasteiger partial charge in [-0.25, -0.2) is 0 Å². The Hall–Kier alpha value is -1.59. The van der Waals surface area contributed by atoms with E-state index in [9.17, 15) is 14.4 Å². The third-order valence-corrected chi connectivity index (χ3v) is 9.72. The molecular weight excluding hydrogens is 624 g/mol. The Morgan fingerprint density at radius 2 is 0.660 bits per heavy atom. The second kappa shape index (κ2) is 37.2. The molecule has 0 heterocycles. The fourth-order valence-electron chi connectivity index (χ4n) is 6.40. The summed E-state index contributed by atoms with van der Waals surface area (Å²) in [6.07, 6.45) is 33.8. The smallest absolute Gasteiger partial charge is 0.306 e. The summed E-state index contributed by atoms with van der Waals surface area (Å²) < 4.78 is 16.7. The van der Waals surface area contributed by atoms with Crippen molar-refractivity contribution < 1.29 is 28.6 Å². The SMILES string of the molecule is CCCCCCCCCCCCCC(=O)O[C@H](COC(=O)CCCCCCCCCCCC(C)C)COC(=O)CCCCCCCCC(C)C. The molecule has 0 aromatic carbocycles. The summed E-state index contributed by atoms with van der Waals surface area (Å²) in [5.41, 5.74) is 0. The molecule has 0 N–H and O–H groups in total. The lowest BCUT2D eigenvalue weighted by Crippen LogP contribution is -2.30. The van der Waals surface area contributed by atoms with Crippen molar-refractivity contribution in [2.45, 2.75) is 240 Å². The predicted molar refractivity (Wildman–Crippen MR) is 210 cm³/mol. The normalized spacial score (nSPS) is 12.1. The quantitative estimate of drug-likeness (QED) is 0.0361. The van der Waals surface area contributed by atoms with Gasteiger partial charge in [0.15, 0.2) is 6.10 Å². The lowest BCUT2D eigenvalue weighted by atomic mass is 10.0. The van der Waals surface area contributed by atoms with Gasteiger partial charge in [0.05, 0.1) is 0 Å². The number of unbranched alkanes of at least 4 members (excludes halogenated alkanes) is 23. The van der Waals surface area contributed by atoms with Gasteiger partial charge in [-0.1, -0.05) is 195 Å². The summed E-state index contributed by atoms with van der Waals surface area (Å²) >= 11 is 0. The first-order chi connectivity index (χ1) is 24.2. The number of carbonyl (C=O) groups excluding carboxylic acids is 3. The summed E-state index contributed by atoms with van der Waals surface area (Å²) in [7, 11) is 0. The maximum atomic E-state index is 12.7. The first kappa shape index (κ1) is 48.4. The van der Waals surface area contributed by atoms with E-state index >= 15 is 0 Å². The number of esters is 3. The second-order valence-corrected chi connectivity index (χ2v) is 15.9. The van der Waals surface area contributed by atoms with Gasteiger partial charge < -0.3 is 14.2 Å². The number of hydrogen-bond acceptors (Lipinski definition) is 6. The zero-order chi connectivity index (χ0) is 36.9. The first-order valence-electron chi connectivity index (χ1n) is 21.7. The Bertz CT molecular complexity index is 764. The molecule has 0 bridgehead atoms. The van der Waals surface area contributed by atoms with Crippen LogP contribution in [-0.2, 0) is 28.6 Å². The predicted octanol–water partition coefficient (Wildman–Crippen LogP) is 13.4. The lowest BCUT2D eigenvalue weighted by Gasteiger charge is -2.18. The Morgan fingerprint density at radius 3 is 0.980 bits per heavy atom. The van der Waals surface area contributed by atoms with Crippen LogP contribution in [0.3, 0.4) is 0 Å². The van der Waals surface area contributed by atoms with Crippen molar-refractivity contribution in [1.29, 1.82) is 0 Å². The van der Waals surface area contributed by atoms with Crippen LogP contribution < -0.4 is 0 Å². The summed E-state index contributed by atoms with van der Waals surface area (Å²) in [6, 6.07) is 0. The summed E-state index contributed by atoms with van der Waals surface area (Å²) in [4.78, 5) is 37.6. The molecule has 0 aliphatic heterocycles. The van der Waals surface area contributed by atoms with Crippen molar-refractivity contribution in [2.24, 2.45) is 11.8 Å². The molecule has 0 unspecified atom stereocenters. The summed E-state index contributed by atoms with van der Waals surface area (Å²) in [6.45, 7) is 11.2. The molecule has 0 aromatic heterocycles. The van der Waals surface area contributed by atoms with Crippen molar-refractivity contribution in [3.05, 3.63) is 0 Å². The molecule has 296 valence electrons. The van der Waals surface area contributed by atoms with Crippen LogP contribution in [0, 0.1) is 11.8 Å². The van der Waals surface area contributed by atoms with Gasteiger partial charge in [0.2, 0.25) is 0 Å². The average Bonchev–Trinajstić information content (AvgIpc) is 3.08. The van der Waals surface area contributed by atoms with Gasteiger partial charge in [-0.05, 0) is 31.1 Å². The molecule has 0 aliphatic carbocycles. The summed E-state index contributed by atoms with van der Waals surface area (Å²) in [5.74, 6) is 0.706. The number of rotatable bonds is 38. The van der Waals surface area contributed by atoms with Gasteiger partial charge in [0.1, 0.15) is 13.2 Å². The highest BCUT2D eigenvalue weighted by atomic mass is 16.6.